The maximum atomic E-state index is 13.3. The van der Waals surface area contributed by atoms with Crippen LogP contribution in [0.2, 0.25) is 0 Å². The van der Waals surface area contributed by atoms with Gasteiger partial charge in [-0.25, -0.2) is 0 Å². The molecule has 1 amide bonds. The molecule has 1 fully saturated rings. The molecule has 1 aromatic heterocycles. The largest absolute Gasteiger partial charge is 0.396 e. The first-order chi connectivity index (χ1) is 16.1. The lowest BCUT2D eigenvalue weighted by Gasteiger charge is -2.29. The highest BCUT2D eigenvalue weighted by atomic mass is 16.3. The summed E-state index contributed by atoms with van der Waals surface area (Å²) in [4.78, 5) is 28.8. The quantitative estimate of drug-likeness (QED) is 0.685. The molecule has 6 nitrogen and oxygen atoms in total. The molecule has 0 spiro atoms. The molecule has 33 heavy (non-hydrogen) atoms. The lowest BCUT2D eigenvalue weighted by molar-refractivity contribution is -0.127. The summed E-state index contributed by atoms with van der Waals surface area (Å²) in [6.07, 6.45) is 6.08. The van der Waals surface area contributed by atoms with Crippen LogP contribution in [0.3, 0.4) is 0 Å². The highest BCUT2D eigenvalue weighted by Gasteiger charge is 2.54. The Morgan fingerprint density at radius 1 is 1.18 bits per heavy atom. The Kier molecular flexibility index (Phi) is 6.21. The molecule has 3 heterocycles. The van der Waals surface area contributed by atoms with E-state index in [1.54, 1.807) is 0 Å². The van der Waals surface area contributed by atoms with E-state index < -0.39 is 0 Å². The predicted octanol–water partition coefficient (Wildman–Crippen LogP) is 2.76. The van der Waals surface area contributed by atoms with Crippen LogP contribution in [0.5, 0.6) is 0 Å². The molecule has 6 heteroatoms. The van der Waals surface area contributed by atoms with Crippen molar-refractivity contribution < 1.29 is 9.90 Å². The molecular formula is C27H33N3O3. The molecule has 174 valence electrons. The van der Waals surface area contributed by atoms with Crippen molar-refractivity contribution in [1.29, 1.82) is 0 Å². The van der Waals surface area contributed by atoms with Crippen LogP contribution in [0.1, 0.15) is 49.0 Å². The van der Waals surface area contributed by atoms with Crippen molar-refractivity contribution in [2.45, 2.75) is 51.2 Å². The molecule has 2 N–H and O–H groups in total. The number of benzene rings is 1. The second kappa shape index (κ2) is 9.27. The van der Waals surface area contributed by atoms with Crippen LogP contribution < -0.4 is 10.9 Å². The number of carbonyl (C=O) groups is 1. The monoisotopic (exact) mass is 447 g/mol. The number of carbonyl (C=O) groups excluding carboxylic acids is 1. The van der Waals surface area contributed by atoms with Crippen LogP contribution in [0.25, 0.3) is 5.57 Å². The minimum Gasteiger partial charge on any atom is -0.396 e. The minimum atomic E-state index is -0.383. The van der Waals surface area contributed by atoms with E-state index in [9.17, 15) is 14.7 Å². The molecule has 0 unspecified atom stereocenters. The van der Waals surface area contributed by atoms with Gasteiger partial charge in [0, 0.05) is 42.8 Å². The molecule has 5 rings (SSSR count). The van der Waals surface area contributed by atoms with Gasteiger partial charge in [0.1, 0.15) is 0 Å². The number of likely N-dealkylation sites (N-methyl/N-ethyl adjacent to an activating group) is 1. The zero-order chi connectivity index (χ0) is 22.9. The predicted molar refractivity (Wildman–Crippen MR) is 129 cm³/mol. The summed E-state index contributed by atoms with van der Waals surface area (Å²) in [7, 11) is 0. The van der Waals surface area contributed by atoms with Gasteiger partial charge in [0.05, 0.1) is 12.1 Å². The Morgan fingerprint density at radius 3 is 2.70 bits per heavy atom. The Bertz CT molecular complexity index is 1110. The first-order valence-corrected chi connectivity index (χ1v) is 12.3. The van der Waals surface area contributed by atoms with Gasteiger partial charge in [-0.2, -0.15) is 0 Å². The number of aliphatic hydroxyl groups is 1. The van der Waals surface area contributed by atoms with Gasteiger partial charge in [-0.05, 0) is 55.5 Å². The van der Waals surface area contributed by atoms with Gasteiger partial charge in [0.25, 0.3) is 5.56 Å². The number of pyridine rings is 1. The van der Waals surface area contributed by atoms with E-state index in [0.29, 0.717) is 19.6 Å². The minimum absolute atomic E-state index is 0.0173. The van der Waals surface area contributed by atoms with Crippen LogP contribution >= 0.6 is 0 Å². The zero-order valence-corrected chi connectivity index (χ0v) is 19.2. The molecular weight excluding hydrogens is 414 g/mol. The van der Waals surface area contributed by atoms with Crippen molar-refractivity contribution in [2.24, 2.45) is 11.8 Å². The fourth-order valence-electron chi connectivity index (χ4n) is 6.22. The number of fused-ring (bicyclic) bond motifs is 3. The maximum absolute atomic E-state index is 13.3. The van der Waals surface area contributed by atoms with E-state index in [4.69, 9.17) is 0 Å². The number of nitrogens with zero attached hydrogens (tertiary/aromatic N) is 2. The number of amides is 1. The summed E-state index contributed by atoms with van der Waals surface area (Å²) >= 11 is 0. The van der Waals surface area contributed by atoms with E-state index in [1.807, 2.05) is 28.8 Å². The van der Waals surface area contributed by atoms with Crippen LogP contribution in [0, 0.1) is 11.8 Å². The molecule has 3 aliphatic rings. The average Bonchev–Trinajstić information content (AvgIpc) is 3.55. The van der Waals surface area contributed by atoms with Gasteiger partial charge in [-0.3, -0.25) is 14.5 Å². The Balaban J connectivity index is 1.37. The van der Waals surface area contributed by atoms with Crippen LogP contribution in [0.4, 0.5) is 0 Å². The topological polar surface area (TPSA) is 74.6 Å². The number of hydrogen-bond donors (Lipinski definition) is 2. The average molecular weight is 448 g/mol. The maximum Gasteiger partial charge on any atom is 0.258 e. The number of rotatable bonds is 7. The van der Waals surface area contributed by atoms with Crippen molar-refractivity contribution in [2.75, 3.05) is 19.7 Å². The van der Waals surface area contributed by atoms with Crippen molar-refractivity contribution in [3.8, 4) is 0 Å². The van der Waals surface area contributed by atoms with Crippen LogP contribution in [-0.2, 0) is 17.8 Å². The summed E-state index contributed by atoms with van der Waals surface area (Å²) in [5, 5.41) is 13.4. The van der Waals surface area contributed by atoms with Gasteiger partial charge in [-0.1, -0.05) is 43.3 Å². The van der Waals surface area contributed by atoms with Gasteiger partial charge in [0.2, 0.25) is 5.91 Å². The zero-order valence-electron chi connectivity index (χ0n) is 19.2. The summed E-state index contributed by atoms with van der Waals surface area (Å²) in [5.41, 5.74) is 4.22. The van der Waals surface area contributed by atoms with E-state index in [0.717, 1.165) is 42.5 Å². The number of nitrogens with one attached hydrogen (secondary N) is 1. The smallest absolute Gasteiger partial charge is 0.258 e. The molecule has 2 aliphatic heterocycles. The lowest BCUT2D eigenvalue weighted by atomic mass is 9.88. The standard InChI is InChI=1S/C27H33N3O3/c1-2-29-24-21(16-30-23(24)13-12-20(27(30)33)19-10-6-7-11-19)22(17-31)25(29)26(32)28-15-14-18-8-4-3-5-9-18/h3-5,8-10,12-13,21-22,24-25,31H,2,6-7,11,14-17H2,1H3,(H,28,32)/t21-,22-,24+,25-/m1/s1. The van der Waals surface area contributed by atoms with Crippen molar-refractivity contribution in [3.05, 3.63) is 75.7 Å². The van der Waals surface area contributed by atoms with Gasteiger partial charge < -0.3 is 15.0 Å². The fourth-order valence-corrected chi connectivity index (χ4v) is 6.22. The van der Waals surface area contributed by atoms with E-state index in [2.05, 4.69) is 41.4 Å². The molecule has 1 aromatic carbocycles. The highest BCUT2D eigenvalue weighted by molar-refractivity contribution is 5.82. The van der Waals surface area contributed by atoms with E-state index >= 15 is 0 Å². The van der Waals surface area contributed by atoms with E-state index in [1.165, 1.54) is 5.56 Å². The second-order valence-corrected chi connectivity index (χ2v) is 9.47. The van der Waals surface area contributed by atoms with E-state index in [-0.39, 0.29) is 42.0 Å². The molecule has 4 atom stereocenters. The summed E-state index contributed by atoms with van der Waals surface area (Å²) in [6, 6.07) is 13.8. The molecule has 1 saturated heterocycles. The van der Waals surface area contributed by atoms with Crippen LogP contribution in [-0.4, -0.2) is 46.2 Å². The fraction of sp³-hybridized carbons (Fsp3) is 0.481. The number of likely N-dealkylation sites (tertiary alicyclic amines) is 1. The highest BCUT2D eigenvalue weighted by Crippen LogP contribution is 2.49. The third-order valence-electron chi connectivity index (χ3n) is 7.77. The number of allylic oxidation sites excluding steroid dienone is 2. The van der Waals surface area contributed by atoms with Gasteiger partial charge in [0.15, 0.2) is 0 Å². The Labute approximate surface area is 194 Å². The number of aromatic nitrogens is 1. The second-order valence-electron chi connectivity index (χ2n) is 9.47. The Morgan fingerprint density at radius 2 is 2.00 bits per heavy atom. The molecule has 0 saturated carbocycles. The third kappa shape index (κ3) is 3.85. The Hall–Kier alpha value is -2.70. The third-order valence-corrected chi connectivity index (χ3v) is 7.77. The van der Waals surface area contributed by atoms with Crippen molar-refractivity contribution in [1.82, 2.24) is 14.8 Å². The van der Waals surface area contributed by atoms with Crippen molar-refractivity contribution >= 4 is 11.5 Å². The van der Waals surface area contributed by atoms with Crippen molar-refractivity contribution in [3.63, 3.8) is 0 Å². The van der Waals surface area contributed by atoms with Gasteiger partial charge in [-0.15, -0.1) is 0 Å². The van der Waals surface area contributed by atoms with Gasteiger partial charge >= 0.3 is 0 Å². The summed E-state index contributed by atoms with van der Waals surface area (Å²) < 4.78 is 1.90. The summed E-state index contributed by atoms with van der Waals surface area (Å²) in [5.74, 6) is -0.164. The molecule has 2 aromatic rings. The molecule has 0 radical (unpaired) electrons. The lowest BCUT2D eigenvalue weighted by Crippen LogP contribution is -2.48. The first kappa shape index (κ1) is 22.1. The molecule has 0 bridgehead atoms. The first-order valence-electron chi connectivity index (χ1n) is 12.3. The van der Waals surface area contributed by atoms with Crippen LogP contribution in [0.15, 0.2) is 53.3 Å². The normalized spacial score (nSPS) is 26.2. The SMILES string of the molecule is CCN1[C@@H]2c3ccc(C4=CCCC4)c(=O)n3C[C@@H]2[C@@H](CO)[C@@H]1C(=O)NCCc1ccccc1. The number of hydrogen-bond acceptors (Lipinski definition) is 4. The summed E-state index contributed by atoms with van der Waals surface area (Å²) in [6.45, 7) is 3.82. The number of aliphatic hydroxyl groups excluding tert-OH is 1. The molecule has 1 aliphatic carbocycles.